The average Bonchev–Trinajstić information content (AvgIpc) is 2.38. The molecule has 0 unspecified atom stereocenters. The van der Waals surface area contributed by atoms with E-state index in [9.17, 15) is 9.59 Å². The lowest BCUT2D eigenvalue weighted by Gasteiger charge is -2.12. The van der Waals surface area contributed by atoms with Crippen LogP contribution in [0, 0.1) is 0 Å². The van der Waals surface area contributed by atoms with Crippen molar-refractivity contribution in [2.75, 3.05) is 13.2 Å². The van der Waals surface area contributed by atoms with Gasteiger partial charge >= 0.3 is 5.97 Å². The summed E-state index contributed by atoms with van der Waals surface area (Å²) >= 11 is 5.85. The minimum absolute atomic E-state index is 0.0327. The van der Waals surface area contributed by atoms with Crippen molar-refractivity contribution >= 4 is 23.5 Å². The molecular formula is C12H14ClNO5. The van der Waals surface area contributed by atoms with Gasteiger partial charge in [0, 0.05) is 0 Å². The number of amides is 1. The van der Waals surface area contributed by atoms with Crippen molar-refractivity contribution in [3.63, 3.8) is 0 Å². The van der Waals surface area contributed by atoms with Crippen molar-refractivity contribution in [2.24, 2.45) is 0 Å². The molecule has 1 rings (SSSR count). The molecular weight excluding hydrogens is 274 g/mol. The minimum atomic E-state index is -1.30. The number of rotatable bonds is 7. The summed E-state index contributed by atoms with van der Waals surface area (Å²) in [7, 11) is 0. The SMILES string of the molecule is O=C(CCOc1ccccc1Cl)N[C@H](CO)C(=O)O. The fourth-order valence-corrected chi connectivity index (χ4v) is 1.46. The fraction of sp³-hybridized carbons (Fsp3) is 0.333. The maximum absolute atomic E-state index is 11.4. The minimum Gasteiger partial charge on any atom is -0.491 e. The third kappa shape index (κ3) is 5.15. The normalized spacial score (nSPS) is 11.7. The van der Waals surface area contributed by atoms with Gasteiger partial charge < -0.3 is 20.3 Å². The zero-order chi connectivity index (χ0) is 14.3. The molecule has 7 heteroatoms. The summed E-state index contributed by atoms with van der Waals surface area (Å²) in [5, 5.41) is 20.0. The molecule has 1 amide bonds. The van der Waals surface area contributed by atoms with E-state index >= 15 is 0 Å². The Balaban J connectivity index is 2.35. The van der Waals surface area contributed by atoms with E-state index in [4.69, 9.17) is 26.6 Å². The van der Waals surface area contributed by atoms with Crippen molar-refractivity contribution in [3.8, 4) is 5.75 Å². The van der Waals surface area contributed by atoms with E-state index in [0.717, 1.165) is 0 Å². The van der Waals surface area contributed by atoms with Crippen LogP contribution in [0.5, 0.6) is 5.75 Å². The standard InChI is InChI=1S/C12H14ClNO5/c13-8-3-1-2-4-10(8)19-6-5-11(16)14-9(7-15)12(17)18/h1-4,9,15H,5-7H2,(H,14,16)(H,17,18)/t9-/m1/s1. The lowest BCUT2D eigenvalue weighted by Crippen LogP contribution is -2.43. The van der Waals surface area contributed by atoms with Gasteiger partial charge in [-0.05, 0) is 12.1 Å². The predicted molar refractivity (Wildman–Crippen MR) is 68.2 cm³/mol. The van der Waals surface area contributed by atoms with Gasteiger partial charge in [-0.1, -0.05) is 23.7 Å². The predicted octanol–water partition coefficient (Wildman–Crippen LogP) is 0.671. The Labute approximate surface area is 114 Å². The van der Waals surface area contributed by atoms with Gasteiger partial charge in [0.05, 0.1) is 24.7 Å². The summed E-state index contributed by atoms with van der Waals surface area (Å²) in [6.45, 7) is -0.597. The van der Waals surface area contributed by atoms with Crippen LogP contribution < -0.4 is 10.1 Å². The first-order valence-corrected chi connectivity index (χ1v) is 5.92. The molecule has 0 aliphatic heterocycles. The van der Waals surface area contributed by atoms with Gasteiger partial charge in [-0.2, -0.15) is 0 Å². The number of aliphatic hydroxyl groups excluding tert-OH is 1. The fourth-order valence-electron chi connectivity index (χ4n) is 1.27. The maximum atomic E-state index is 11.4. The molecule has 0 spiro atoms. The molecule has 1 aromatic rings. The van der Waals surface area contributed by atoms with Crippen LogP contribution in [-0.2, 0) is 9.59 Å². The highest BCUT2D eigenvalue weighted by atomic mass is 35.5. The van der Waals surface area contributed by atoms with Gasteiger partial charge in [0.1, 0.15) is 11.8 Å². The number of ether oxygens (including phenoxy) is 1. The molecule has 0 aliphatic rings. The highest BCUT2D eigenvalue weighted by Gasteiger charge is 2.18. The second kappa shape index (κ2) is 7.60. The summed E-state index contributed by atoms with van der Waals surface area (Å²) in [6.07, 6.45) is -0.0327. The van der Waals surface area contributed by atoms with E-state index in [0.29, 0.717) is 10.8 Å². The molecule has 0 radical (unpaired) electrons. The molecule has 0 saturated carbocycles. The first-order valence-electron chi connectivity index (χ1n) is 5.55. The number of carbonyl (C=O) groups excluding carboxylic acids is 1. The molecule has 0 bridgehead atoms. The molecule has 0 heterocycles. The van der Waals surface area contributed by atoms with Crippen LogP contribution in [0.2, 0.25) is 5.02 Å². The average molecular weight is 288 g/mol. The van der Waals surface area contributed by atoms with Crippen molar-refractivity contribution < 1.29 is 24.5 Å². The first kappa shape index (κ1) is 15.3. The number of carboxylic acids is 1. The Bertz CT molecular complexity index is 452. The topological polar surface area (TPSA) is 95.9 Å². The van der Waals surface area contributed by atoms with Crippen molar-refractivity contribution in [1.29, 1.82) is 0 Å². The van der Waals surface area contributed by atoms with Crippen LogP contribution in [-0.4, -0.2) is 41.3 Å². The Kier molecular flexibility index (Phi) is 6.11. The van der Waals surface area contributed by atoms with E-state index in [1.165, 1.54) is 0 Å². The lowest BCUT2D eigenvalue weighted by molar-refractivity contribution is -0.143. The Morgan fingerprint density at radius 2 is 2.05 bits per heavy atom. The summed E-state index contributed by atoms with van der Waals surface area (Å²) in [4.78, 5) is 22.0. The number of aliphatic hydroxyl groups is 1. The number of carboxylic acid groups (broad SMARTS) is 1. The highest BCUT2D eigenvalue weighted by Crippen LogP contribution is 2.22. The first-order chi connectivity index (χ1) is 9.04. The van der Waals surface area contributed by atoms with E-state index < -0.39 is 24.5 Å². The van der Waals surface area contributed by atoms with E-state index in [2.05, 4.69) is 5.32 Å². The quantitative estimate of drug-likeness (QED) is 0.685. The Morgan fingerprint density at radius 3 is 2.63 bits per heavy atom. The van der Waals surface area contributed by atoms with Gasteiger partial charge in [0.25, 0.3) is 0 Å². The summed E-state index contributed by atoms with van der Waals surface area (Å²) in [5.74, 6) is -1.36. The molecule has 1 aromatic carbocycles. The highest BCUT2D eigenvalue weighted by molar-refractivity contribution is 6.32. The van der Waals surface area contributed by atoms with Crippen LogP contribution in [0.1, 0.15) is 6.42 Å². The van der Waals surface area contributed by atoms with Gasteiger partial charge in [-0.3, -0.25) is 4.79 Å². The van der Waals surface area contributed by atoms with E-state index in [1.807, 2.05) is 0 Å². The summed E-state index contributed by atoms with van der Waals surface area (Å²) in [5.41, 5.74) is 0. The lowest BCUT2D eigenvalue weighted by atomic mass is 10.3. The second-order valence-corrected chi connectivity index (χ2v) is 4.08. The van der Waals surface area contributed by atoms with Crippen LogP contribution in [0.4, 0.5) is 0 Å². The summed E-state index contributed by atoms with van der Waals surface area (Å²) < 4.78 is 5.28. The Morgan fingerprint density at radius 1 is 1.37 bits per heavy atom. The molecule has 3 N–H and O–H groups in total. The van der Waals surface area contributed by atoms with Crippen LogP contribution in [0.3, 0.4) is 0 Å². The van der Waals surface area contributed by atoms with Crippen molar-refractivity contribution in [2.45, 2.75) is 12.5 Å². The molecule has 104 valence electrons. The number of hydrogen-bond acceptors (Lipinski definition) is 4. The molecule has 19 heavy (non-hydrogen) atoms. The number of nitrogens with one attached hydrogen (secondary N) is 1. The number of aliphatic carboxylic acids is 1. The van der Waals surface area contributed by atoms with Crippen molar-refractivity contribution in [1.82, 2.24) is 5.32 Å². The maximum Gasteiger partial charge on any atom is 0.328 e. The number of halogens is 1. The zero-order valence-electron chi connectivity index (χ0n) is 10.0. The summed E-state index contributed by atoms with van der Waals surface area (Å²) in [6, 6.07) is 5.51. The zero-order valence-corrected chi connectivity index (χ0v) is 10.8. The Hall–Kier alpha value is -1.79. The molecule has 1 atom stereocenters. The largest absolute Gasteiger partial charge is 0.491 e. The van der Waals surface area contributed by atoms with Gasteiger partial charge in [-0.15, -0.1) is 0 Å². The third-order valence-corrected chi connectivity index (χ3v) is 2.55. The second-order valence-electron chi connectivity index (χ2n) is 3.67. The third-order valence-electron chi connectivity index (χ3n) is 2.24. The van der Waals surface area contributed by atoms with Crippen LogP contribution in [0.15, 0.2) is 24.3 Å². The number of hydrogen-bond donors (Lipinski definition) is 3. The van der Waals surface area contributed by atoms with E-state index in [1.54, 1.807) is 24.3 Å². The van der Waals surface area contributed by atoms with Gasteiger partial charge in [-0.25, -0.2) is 4.79 Å². The number of para-hydroxylation sites is 1. The van der Waals surface area contributed by atoms with Gasteiger partial charge in [0.15, 0.2) is 0 Å². The monoisotopic (exact) mass is 287 g/mol. The van der Waals surface area contributed by atoms with E-state index in [-0.39, 0.29) is 13.0 Å². The molecule has 0 fully saturated rings. The molecule has 0 saturated heterocycles. The molecule has 0 aliphatic carbocycles. The number of carbonyl (C=O) groups is 2. The molecule has 0 aromatic heterocycles. The van der Waals surface area contributed by atoms with Gasteiger partial charge in [0.2, 0.25) is 5.91 Å². The molecule has 6 nitrogen and oxygen atoms in total. The number of benzene rings is 1. The van der Waals surface area contributed by atoms with Crippen molar-refractivity contribution in [3.05, 3.63) is 29.3 Å². The smallest absolute Gasteiger partial charge is 0.328 e. The van der Waals surface area contributed by atoms with Crippen LogP contribution >= 0.6 is 11.6 Å². The van der Waals surface area contributed by atoms with Crippen LogP contribution in [0.25, 0.3) is 0 Å².